The Hall–Kier alpha value is -0.263. The van der Waals surface area contributed by atoms with Crippen LogP contribution in [-0.2, 0) is 4.43 Å². The molecule has 0 aromatic rings. The first-order valence-corrected chi connectivity index (χ1v) is 8.67. The highest BCUT2D eigenvalue weighted by atomic mass is 28.4. The molecule has 15 heavy (non-hydrogen) atoms. The first-order chi connectivity index (χ1) is 6.58. The van der Waals surface area contributed by atoms with E-state index in [0.717, 1.165) is 12.8 Å². The quantitative estimate of drug-likeness (QED) is 0.515. The molecule has 1 nitrogen and oxygen atoms in total. The van der Waals surface area contributed by atoms with E-state index < -0.39 is 8.32 Å². The summed E-state index contributed by atoms with van der Waals surface area (Å²) in [5.41, 5.74) is -0.377. The van der Waals surface area contributed by atoms with Crippen molar-refractivity contribution in [2.24, 2.45) is 0 Å². The third kappa shape index (κ3) is 4.00. The van der Waals surface area contributed by atoms with E-state index in [4.69, 9.17) is 10.8 Å². The van der Waals surface area contributed by atoms with Crippen molar-refractivity contribution in [2.45, 2.75) is 71.2 Å². The molecule has 0 unspecified atom stereocenters. The molecule has 0 saturated heterocycles. The fraction of sp³-hybridized carbons (Fsp3) is 0.846. The van der Waals surface area contributed by atoms with Crippen molar-refractivity contribution < 1.29 is 4.43 Å². The third-order valence-electron chi connectivity index (χ3n) is 3.32. The Morgan fingerprint density at radius 3 is 1.93 bits per heavy atom. The summed E-state index contributed by atoms with van der Waals surface area (Å²) >= 11 is 0. The lowest BCUT2D eigenvalue weighted by Gasteiger charge is -2.42. The van der Waals surface area contributed by atoms with Crippen molar-refractivity contribution in [1.29, 1.82) is 0 Å². The Morgan fingerprint density at radius 1 is 1.20 bits per heavy atom. The Morgan fingerprint density at radius 2 is 1.67 bits per heavy atom. The lowest BCUT2D eigenvalue weighted by atomic mass is 10.0. The van der Waals surface area contributed by atoms with Gasteiger partial charge >= 0.3 is 0 Å². The van der Waals surface area contributed by atoms with Crippen molar-refractivity contribution in [3.8, 4) is 12.3 Å². The molecular formula is C13H26OSi. The van der Waals surface area contributed by atoms with Crippen LogP contribution in [0.1, 0.15) is 47.5 Å². The highest BCUT2D eigenvalue weighted by molar-refractivity contribution is 6.74. The third-order valence-corrected chi connectivity index (χ3v) is 7.89. The van der Waals surface area contributed by atoms with Crippen molar-refractivity contribution in [1.82, 2.24) is 0 Å². The van der Waals surface area contributed by atoms with Gasteiger partial charge in [-0.1, -0.05) is 40.0 Å². The molecule has 0 heterocycles. The van der Waals surface area contributed by atoms with Crippen molar-refractivity contribution >= 4 is 8.32 Å². The number of hydrogen-bond donors (Lipinski definition) is 0. The van der Waals surface area contributed by atoms with Crippen LogP contribution in [-0.4, -0.2) is 13.9 Å². The minimum absolute atomic E-state index is 0.221. The van der Waals surface area contributed by atoms with E-state index in [2.05, 4.69) is 46.7 Å². The fourth-order valence-corrected chi connectivity index (χ4v) is 2.94. The first-order valence-electron chi connectivity index (χ1n) is 5.76. The van der Waals surface area contributed by atoms with E-state index in [1.54, 1.807) is 0 Å². The van der Waals surface area contributed by atoms with E-state index in [1.807, 2.05) is 6.92 Å². The van der Waals surface area contributed by atoms with Crippen LogP contribution in [0.25, 0.3) is 0 Å². The molecule has 0 radical (unpaired) electrons. The monoisotopic (exact) mass is 226 g/mol. The highest BCUT2D eigenvalue weighted by Gasteiger charge is 2.41. The van der Waals surface area contributed by atoms with Gasteiger partial charge in [0, 0.05) is 0 Å². The summed E-state index contributed by atoms with van der Waals surface area (Å²) in [6.45, 7) is 15.4. The van der Waals surface area contributed by atoms with Gasteiger partial charge in [0.1, 0.15) is 5.60 Å². The number of terminal acetylenes is 1. The Labute approximate surface area is 96.7 Å². The second-order valence-electron chi connectivity index (χ2n) is 5.99. The second-order valence-corrected chi connectivity index (χ2v) is 10.7. The molecule has 0 amide bonds. The summed E-state index contributed by atoms with van der Waals surface area (Å²) < 4.78 is 6.28. The fourth-order valence-electron chi connectivity index (χ4n) is 1.35. The molecule has 0 aliphatic rings. The van der Waals surface area contributed by atoms with E-state index in [1.165, 1.54) is 0 Å². The minimum atomic E-state index is -1.74. The van der Waals surface area contributed by atoms with Gasteiger partial charge in [0.25, 0.3) is 0 Å². The van der Waals surface area contributed by atoms with Crippen LogP contribution < -0.4 is 0 Å². The molecule has 0 fully saturated rings. The summed E-state index contributed by atoms with van der Waals surface area (Å²) in [7, 11) is -1.74. The summed E-state index contributed by atoms with van der Waals surface area (Å²) in [5.74, 6) is 2.82. The van der Waals surface area contributed by atoms with Gasteiger partial charge in [-0.25, -0.2) is 0 Å². The van der Waals surface area contributed by atoms with Crippen LogP contribution in [0, 0.1) is 12.3 Å². The molecule has 0 aromatic carbocycles. The maximum atomic E-state index is 6.28. The van der Waals surface area contributed by atoms with Crippen LogP contribution in [0.2, 0.25) is 18.1 Å². The molecular weight excluding hydrogens is 200 g/mol. The van der Waals surface area contributed by atoms with Crippen LogP contribution in [0.3, 0.4) is 0 Å². The summed E-state index contributed by atoms with van der Waals surface area (Å²) in [4.78, 5) is 0. The molecule has 0 bridgehead atoms. The van der Waals surface area contributed by atoms with Crippen molar-refractivity contribution in [2.75, 3.05) is 0 Å². The maximum absolute atomic E-state index is 6.28. The van der Waals surface area contributed by atoms with Gasteiger partial charge in [-0.2, -0.15) is 0 Å². The lowest BCUT2D eigenvalue weighted by molar-refractivity contribution is 0.121. The van der Waals surface area contributed by atoms with Crippen molar-refractivity contribution in [3.05, 3.63) is 0 Å². The molecule has 0 saturated carbocycles. The highest BCUT2D eigenvalue weighted by Crippen LogP contribution is 2.39. The van der Waals surface area contributed by atoms with Crippen LogP contribution in [0.5, 0.6) is 0 Å². The zero-order valence-electron chi connectivity index (χ0n) is 11.4. The van der Waals surface area contributed by atoms with Crippen LogP contribution in [0.4, 0.5) is 0 Å². The van der Waals surface area contributed by atoms with Gasteiger partial charge in [-0.15, -0.1) is 6.42 Å². The molecule has 1 atom stereocenters. The summed E-state index contributed by atoms with van der Waals surface area (Å²) in [6.07, 6.45) is 7.60. The van der Waals surface area contributed by atoms with Crippen LogP contribution in [0.15, 0.2) is 0 Å². The van der Waals surface area contributed by atoms with E-state index in [9.17, 15) is 0 Å². The topological polar surface area (TPSA) is 9.23 Å². The number of hydrogen-bond acceptors (Lipinski definition) is 1. The zero-order valence-corrected chi connectivity index (χ0v) is 12.4. The van der Waals surface area contributed by atoms with Gasteiger partial charge in [0.15, 0.2) is 8.32 Å². The average molecular weight is 226 g/mol. The maximum Gasteiger partial charge on any atom is 0.194 e. The molecule has 0 aliphatic heterocycles. The summed E-state index contributed by atoms with van der Waals surface area (Å²) in [6, 6.07) is 0. The molecule has 0 aliphatic carbocycles. The normalized spacial score (nSPS) is 16.9. The first kappa shape index (κ1) is 14.7. The lowest BCUT2D eigenvalue weighted by Crippen LogP contribution is -2.48. The van der Waals surface area contributed by atoms with Gasteiger partial charge in [0.2, 0.25) is 0 Å². The largest absolute Gasteiger partial charge is 0.401 e. The second kappa shape index (κ2) is 4.72. The predicted molar refractivity (Wildman–Crippen MR) is 70.4 cm³/mol. The molecule has 2 heteroatoms. The van der Waals surface area contributed by atoms with E-state index in [-0.39, 0.29) is 10.6 Å². The zero-order chi connectivity index (χ0) is 12.3. The Kier molecular flexibility index (Phi) is 4.63. The minimum Gasteiger partial charge on any atom is -0.401 e. The molecule has 0 aromatic heterocycles. The molecule has 88 valence electrons. The van der Waals surface area contributed by atoms with Gasteiger partial charge in [-0.3, -0.25) is 0 Å². The Bertz CT molecular complexity index is 244. The van der Waals surface area contributed by atoms with Gasteiger partial charge < -0.3 is 4.43 Å². The standard InChI is InChI=1S/C13H26OSi/c1-9-11-13(6,10-2)14-15(7,8)12(3,4)5/h2H,9,11H2,1,3-8H3/t13-/m0/s1. The van der Waals surface area contributed by atoms with Crippen LogP contribution >= 0.6 is 0 Å². The molecule has 0 rings (SSSR count). The van der Waals surface area contributed by atoms with E-state index >= 15 is 0 Å². The van der Waals surface area contributed by atoms with Gasteiger partial charge in [0.05, 0.1) is 0 Å². The van der Waals surface area contributed by atoms with Gasteiger partial charge in [-0.05, 0) is 31.5 Å². The average Bonchev–Trinajstić information content (AvgIpc) is 2.01. The summed E-state index contributed by atoms with van der Waals surface area (Å²) in [5, 5.41) is 0.221. The molecule has 0 spiro atoms. The SMILES string of the molecule is C#C[C@@](C)(CCC)O[Si](C)(C)C(C)(C)C. The van der Waals surface area contributed by atoms with Crippen molar-refractivity contribution in [3.63, 3.8) is 0 Å². The predicted octanol–water partition coefficient (Wildman–Crippen LogP) is 4.20. The molecule has 0 N–H and O–H groups in total. The smallest absolute Gasteiger partial charge is 0.194 e. The van der Waals surface area contributed by atoms with E-state index in [0.29, 0.717) is 0 Å². The Balaban J connectivity index is 4.78. The number of rotatable bonds is 4.